The molecule has 0 bridgehead atoms. The van der Waals surface area contributed by atoms with E-state index < -0.39 is 0 Å². The van der Waals surface area contributed by atoms with Crippen LogP contribution in [0.15, 0.2) is 24.3 Å². The smallest absolute Gasteiger partial charge is 0.0239 e. The van der Waals surface area contributed by atoms with Gasteiger partial charge in [-0.25, -0.2) is 0 Å². The fourth-order valence-electron chi connectivity index (χ4n) is 3.24. The van der Waals surface area contributed by atoms with Crippen molar-refractivity contribution in [3.8, 4) is 0 Å². The minimum atomic E-state index is 0.574. The first kappa shape index (κ1) is 15.5. The van der Waals surface area contributed by atoms with Gasteiger partial charge in [0.25, 0.3) is 0 Å². The Morgan fingerprint density at radius 3 is 2.70 bits per heavy atom. The number of hydrogen-bond donors (Lipinski definition) is 1. The molecule has 2 heteroatoms. The fraction of sp³-hybridized carbons (Fsp3) is 0.667. The topological polar surface area (TPSA) is 15.3 Å². The molecule has 1 aromatic carbocycles. The van der Waals surface area contributed by atoms with Gasteiger partial charge in [0.05, 0.1) is 0 Å². The van der Waals surface area contributed by atoms with Crippen LogP contribution >= 0.6 is 0 Å². The Bertz CT molecular complexity index is 400. The summed E-state index contributed by atoms with van der Waals surface area (Å²) < 4.78 is 0. The minimum absolute atomic E-state index is 0.574. The van der Waals surface area contributed by atoms with E-state index in [4.69, 9.17) is 0 Å². The van der Waals surface area contributed by atoms with Crippen LogP contribution in [-0.4, -0.2) is 30.1 Å². The third-order valence-corrected chi connectivity index (χ3v) is 4.41. The van der Waals surface area contributed by atoms with E-state index in [0.29, 0.717) is 6.04 Å². The maximum absolute atomic E-state index is 3.52. The lowest BCUT2D eigenvalue weighted by Gasteiger charge is -2.24. The average molecular weight is 274 g/mol. The standard InChI is InChI=1S/C18H30N2/c1-4-18-10-7-13-20(18)14-17-9-6-5-8-16(17)11-12-19-15(2)3/h5-6,8-9,15,18-19H,4,7,10-14H2,1-3H3. The van der Waals surface area contributed by atoms with Crippen LogP contribution in [0.2, 0.25) is 0 Å². The van der Waals surface area contributed by atoms with Gasteiger partial charge in [-0.2, -0.15) is 0 Å². The molecule has 0 radical (unpaired) electrons. The minimum Gasteiger partial charge on any atom is -0.314 e. The lowest BCUT2D eigenvalue weighted by Crippen LogP contribution is -2.29. The van der Waals surface area contributed by atoms with Crippen LogP contribution in [0.5, 0.6) is 0 Å². The average Bonchev–Trinajstić information content (AvgIpc) is 2.87. The van der Waals surface area contributed by atoms with Crippen LogP contribution in [0.3, 0.4) is 0 Å². The van der Waals surface area contributed by atoms with Crippen molar-refractivity contribution in [1.29, 1.82) is 0 Å². The van der Waals surface area contributed by atoms with Crippen molar-refractivity contribution >= 4 is 0 Å². The second-order valence-corrected chi connectivity index (χ2v) is 6.30. The lowest BCUT2D eigenvalue weighted by molar-refractivity contribution is 0.239. The van der Waals surface area contributed by atoms with Crippen LogP contribution in [0.1, 0.15) is 51.2 Å². The number of nitrogens with zero attached hydrogens (tertiary/aromatic N) is 1. The van der Waals surface area contributed by atoms with Gasteiger partial charge in [0.15, 0.2) is 0 Å². The van der Waals surface area contributed by atoms with E-state index in [1.54, 1.807) is 0 Å². The third kappa shape index (κ3) is 4.32. The predicted octanol–water partition coefficient (Wildman–Crippen LogP) is 3.60. The van der Waals surface area contributed by atoms with Crippen molar-refractivity contribution in [3.63, 3.8) is 0 Å². The molecule has 0 amide bonds. The van der Waals surface area contributed by atoms with Crippen molar-refractivity contribution in [2.75, 3.05) is 13.1 Å². The monoisotopic (exact) mass is 274 g/mol. The summed E-state index contributed by atoms with van der Waals surface area (Å²) in [6, 6.07) is 10.4. The first-order valence-corrected chi connectivity index (χ1v) is 8.25. The van der Waals surface area contributed by atoms with Crippen LogP contribution < -0.4 is 5.32 Å². The molecule has 2 nitrogen and oxygen atoms in total. The van der Waals surface area contributed by atoms with Crippen molar-refractivity contribution in [3.05, 3.63) is 35.4 Å². The zero-order valence-corrected chi connectivity index (χ0v) is 13.4. The van der Waals surface area contributed by atoms with E-state index in [1.165, 1.54) is 36.9 Å². The normalized spacial score (nSPS) is 19.9. The van der Waals surface area contributed by atoms with Crippen molar-refractivity contribution in [1.82, 2.24) is 10.2 Å². The van der Waals surface area contributed by atoms with Crippen molar-refractivity contribution < 1.29 is 0 Å². The molecule has 112 valence electrons. The van der Waals surface area contributed by atoms with Crippen LogP contribution in [-0.2, 0) is 13.0 Å². The summed E-state index contributed by atoms with van der Waals surface area (Å²) in [4.78, 5) is 2.68. The second kappa shape index (κ2) is 7.80. The zero-order chi connectivity index (χ0) is 14.4. The van der Waals surface area contributed by atoms with Gasteiger partial charge in [0.2, 0.25) is 0 Å². The van der Waals surface area contributed by atoms with Gasteiger partial charge in [0.1, 0.15) is 0 Å². The van der Waals surface area contributed by atoms with Gasteiger partial charge in [-0.3, -0.25) is 4.90 Å². The van der Waals surface area contributed by atoms with Crippen LogP contribution in [0.4, 0.5) is 0 Å². The molecule has 0 spiro atoms. The molecule has 1 aliphatic rings. The zero-order valence-electron chi connectivity index (χ0n) is 13.4. The van der Waals surface area contributed by atoms with Crippen LogP contribution in [0, 0.1) is 0 Å². The highest BCUT2D eigenvalue weighted by molar-refractivity contribution is 5.27. The summed E-state index contributed by atoms with van der Waals surface area (Å²) in [7, 11) is 0. The number of likely N-dealkylation sites (tertiary alicyclic amines) is 1. The first-order chi connectivity index (χ1) is 9.70. The molecule has 1 fully saturated rings. The highest BCUT2D eigenvalue weighted by Crippen LogP contribution is 2.23. The summed E-state index contributed by atoms with van der Waals surface area (Å²) in [6.45, 7) is 10.2. The van der Waals surface area contributed by atoms with E-state index in [9.17, 15) is 0 Å². The Kier molecular flexibility index (Phi) is 6.06. The number of nitrogens with one attached hydrogen (secondary N) is 1. The summed E-state index contributed by atoms with van der Waals surface area (Å²) >= 11 is 0. The second-order valence-electron chi connectivity index (χ2n) is 6.30. The largest absolute Gasteiger partial charge is 0.314 e. The molecule has 1 N–H and O–H groups in total. The highest BCUT2D eigenvalue weighted by Gasteiger charge is 2.23. The summed E-state index contributed by atoms with van der Waals surface area (Å²) in [5.74, 6) is 0. The van der Waals surface area contributed by atoms with Gasteiger partial charge >= 0.3 is 0 Å². The molecule has 0 aliphatic carbocycles. The summed E-state index contributed by atoms with van der Waals surface area (Å²) in [5.41, 5.74) is 3.04. The number of benzene rings is 1. The van der Waals surface area contributed by atoms with Gasteiger partial charge in [0, 0.05) is 18.6 Å². The Hall–Kier alpha value is -0.860. The third-order valence-electron chi connectivity index (χ3n) is 4.41. The SMILES string of the molecule is CCC1CCCN1Cc1ccccc1CCNC(C)C. The molecule has 0 saturated carbocycles. The molecule has 20 heavy (non-hydrogen) atoms. The molecule has 1 aromatic rings. The molecule has 1 aliphatic heterocycles. The van der Waals surface area contributed by atoms with Crippen LogP contribution in [0.25, 0.3) is 0 Å². The lowest BCUT2D eigenvalue weighted by atomic mass is 10.0. The van der Waals surface area contributed by atoms with E-state index >= 15 is 0 Å². The van der Waals surface area contributed by atoms with Gasteiger partial charge in [-0.05, 0) is 49.9 Å². The predicted molar refractivity (Wildman–Crippen MR) is 87.0 cm³/mol. The Labute approximate surface area is 124 Å². The molecule has 1 unspecified atom stereocenters. The summed E-state index contributed by atoms with van der Waals surface area (Å²) in [5, 5.41) is 3.52. The fourth-order valence-corrected chi connectivity index (χ4v) is 3.24. The molecule has 0 aromatic heterocycles. The first-order valence-electron chi connectivity index (χ1n) is 8.25. The molecule has 1 saturated heterocycles. The highest BCUT2D eigenvalue weighted by atomic mass is 15.2. The molecular formula is C18H30N2. The van der Waals surface area contributed by atoms with E-state index in [1.807, 2.05) is 0 Å². The number of rotatable bonds is 7. The maximum atomic E-state index is 3.52. The molecular weight excluding hydrogens is 244 g/mol. The number of hydrogen-bond acceptors (Lipinski definition) is 2. The van der Waals surface area contributed by atoms with Gasteiger partial charge in [-0.1, -0.05) is 45.0 Å². The van der Waals surface area contributed by atoms with Crippen molar-refractivity contribution in [2.24, 2.45) is 0 Å². The van der Waals surface area contributed by atoms with Gasteiger partial charge in [-0.15, -0.1) is 0 Å². The molecule has 1 atom stereocenters. The maximum Gasteiger partial charge on any atom is 0.0239 e. The van der Waals surface area contributed by atoms with Crippen molar-refractivity contribution in [2.45, 2.75) is 65.1 Å². The summed E-state index contributed by atoms with van der Waals surface area (Å²) in [6.07, 6.45) is 5.18. The van der Waals surface area contributed by atoms with Gasteiger partial charge < -0.3 is 5.32 Å². The Morgan fingerprint density at radius 2 is 2.00 bits per heavy atom. The Morgan fingerprint density at radius 1 is 1.25 bits per heavy atom. The van der Waals surface area contributed by atoms with E-state index in [2.05, 4.69) is 55.3 Å². The molecule has 2 rings (SSSR count). The molecule has 1 heterocycles. The van der Waals surface area contributed by atoms with E-state index in [-0.39, 0.29) is 0 Å². The van der Waals surface area contributed by atoms with E-state index in [0.717, 1.165) is 25.6 Å². The quantitative estimate of drug-likeness (QED) is 0.817. The Balaban J connectivity index is 1.96.